The number of primary sulfonamides is 1. The molecule has 0 aliphatic heterocycles. The number of nitrogens with two attached hydrogens (primary N) is 1. The van der Waals surface area contributed by atoms with Crippen LogP contribution in [-0.4, -0.2) is 36.3 Å². The van der Waals surface area contributed by atoms with E-state index in [1.54, 1.807) is 0 Å². The summed E-state index contributed by atoms with van der Waals surface area (Å²) in [6.07, 6.45) is 0. The van der Waals surface area contributed by atoms with Crippen LogP contribution >= 0.6 is 15.9 Å². The molecule has 0 bridgehead atoms. The van der Waals surface area contributed by atoms with Gasteiger partial charge in [0.05, 0.1) is 17.3 Å². The average molecular weight is 373 g/mol. The van der Waals surface area contributed by atoms with Crippen molar-refractivity contribution >= 4 is 41.7 Å². The molecule has 0 radical (unpaired) electrons. The van der Waals surface area contributed by atoms with Crippen LogP contribution in [0.25, 0.3) is 0 Å². The number of nitrogens with one attached hydrogen (secondary N) is 1. The van der Waals surface area contributed by atoms with Gasteiger partial charge in [-0.25, -0.2) is 22.0 Å². The molecule has 0 aromatic heterocycles. The van der Waals surface area contributed by atoms with Crippen LogP contribution in [0.4, 0.5) is 5.69 Å². The molecule has 0 saturated heterocycles. The molecule has 0 saturated carbocycles. The summed E-state index contributed by atoms with van der Waals surface area (Å²) in [4.78, 5) is -0.118. The highest BCUT2D eigenvalue weighted by Crippen LogP contribution is 2.25. The summed E-state index contributed by atoms with van der Waals surface area (Å²) >= 11 is 3.02. The van der Waals surface area contributed by atoms with Crippen molar-refractivity contribution in [2.24, 2.45) is 5.14 Å². The highest BCUT2D eigenvalue weighted by Gasteiger charge is 2.15. The summed E-state index contributed by atoms with van der Waals surface area (Å²) in [5.41, 5.74) is 0.232. The van der Waals surface area contributed by atoms with Gasteiger partial charge in [0, 0.05) is 17.3 Å². The molecule has 0 aliphatic rings. The highest BCUT2D eigenvalue weighted by atomic mass is 79.9. The molecule has 0 unspecified atom stereocenters. The zero-order valence-electron chi connectivity index (χ0n) is 9.96. The number of benzene rings is 1. The van der Waals surface area contributed by atoms with Gasteiger partial charge in [0.1, 0.15) is 0 Å². The summed E-state index contributed by atoms with van der Waals surface area (Å²) in [5.74, 6) is -0.196. The van der Waals surface area contributed by atoms with Crippen LogP contribution in [0.1, 0.15) is 0 Å². The zero-order chi connectivity index (χ0) is 14.7. The molecular formula is C9H13BrN2O5S2. The number of sulfonamides is 2. The molecule has 0 aliphatic carbocycles. The average Bonchev–Trinajstić information content (AvgIpc) is 2.24. The van der Waals surface area contributed by atoms with Gasteiger partial charge in [-0.3, -0.25) is 4.72 Å². The second-order valence-electron chi connectivity index (χ2n) is 3.60. The first-order valence-corrected chi connectivity index (χ1v) is 8.96. The Morgan fingerprint density at radius 2 is 1.95 bits per heavy atom. The molecule has 0 heterocycles. The number of hydrogen-bond acceptors (Lipinski definition) is 5. The van der Waals surface area contributed by atoms with Gasteiger partial charge in [0.25, 0.3) is 0 Å². The second kappa shape index (κ2) is 6.18. The summed E-state index contributed by atoms with van der Waals surface area (Å²) in [7, 11) is -5.99. The lowest BCUT2D eigenvalue weighted by Gasteiger charge is -2.09. The normalized spacial score (nSPS) is 12.4. The largest absolute Gasteiger partial charge is 0.384 e. The van der Waals surface area contributed by atoms with Crippen LogP contribution in [-0.2, 0) is 24.8 Å². The van der Waals surface area contributed by atoms with E-state index in [0.717, 1.165) is 0 Å². The van der Waals surface area contributed by atoms with Crippen molar-refractivity contribution in [3.63, 3.8) is 0 Å². The van der Waals surface area contributed by atoms with Crippen molar-refractivity contribution in [2.75, 3.05) is 24.2 Å². The van der Waals surface area contributed by atoms with Gasteiger partial charge in [-0.1, -0.05) is 0 Å². The first kappa shape index (κ1) is 16.4. The number of ether oxygens (including phenoxy) is 1. The van der Waals surface area contributed by atoms with Crippen LogP contribution in [0.2, 0.25) is 0 Å². The van der Waals surface area contributed by atoms with Gasteiger partial charge in [-0.05, 0) is 34.1 Å². The van der Waals surface area contributed by atoms with Crippen molar-refractivity contribution in [1.29, 1.82) is 0 Å². The fourth-order valence-corrected chi connectivity index (χ4v) is 3.84. The van der Waals surface area contributed by atoms with E-state index in [9.17, 15) is 16.8 Å². The number of rotatable bonds is 6. The lowest BCUT2D eigenvalue weighted by Crippen LogP contribution is -2.20. The molecule has 0 atom stereocenters. The standard InChI is InChI=1S/C9H13BrN2O5S2/c1-17-4-5-18(13,14)12-7-2-3-9(8(10)6-7)19(11,15)16/h2-3,6,12H,4-5H2,1H3,(H2,11,15,16). The lowest BCUT2D eigenvalue weighted by molar-refractivity contribution is 0.217. The Morgan fingerprint density at radius 1 is 1.32 bits per heavy atom. The van der Waals surface area contributed by atoms with Gasteiger partial charge in [0.15, 0.2) is 0 Å². The first-order chi connectivity index (χ1) is 8.65. The second-order valence-corrected chi connectivity index (χ2v) is 7.83. The highest BCUT2D eigenvalue weighted by molar-refractivity contribution is 9.10. The maximum absolute atomic E-state index is 11.6. The molecular weight excluding hydrogens is 360 g/mol. The van der Waals surface area contributed by atoms with Crippen molar-refractivity contribution in [3.05, 3.63) is 22.7 Å². The predicted octanol–water partition coefficient (Wildman–Crippen LogP) is 0.485. The topological polar surface area (TPSA) is 116 Å². The minimum absolute atomic E-state index is 0.0613. The van der Waals surface area contributed by atoms with Crippen LogP contribution in [0, 0.1) is 0 Å². The Bertz CT molecular complexity index is 657. The number of methoxy groups -OCH3 is 1. The van der Waals surface area contributed by atoms with Crippen molar-refractivity contribution in [3.8, 4) is 0 Å². The number of anilines is 1. The number of halogens is 1. The summed E-state index contributed by atoms with van der Waals surface area (Å²) in [5, 5.41) is 4.99. The summed E-state index contributed by atoms with van der Waals surface area (Å²) in [6.45, 7) is 0.0613. The third kappa shape index (κ3) is 5.07. The van der Waals surface area contributed by atoms with E-state index in [1.165, 1.54) is 25.3 Å². The Balaban J connectivity index is 2.97. The van der Waals surface area contributed by atoms with Gasteiger partial charge >= 0.3 is 0 Å². The Kier molecular flexibility index (Phi) is 5.33. The van der Waals surface area contributed by atoms with E-state index in [2.05, 4.69) is 25.4 Å². The zero-order valence-corrected chi connectivity index (χ0v) is 13.2. The smallest absolute Gasteiger partial charge is 0.239 e. The molecule has 108 valence electrons. The first-order valence-electron chi connectivity index (χ1n) is 4.97. The molecule has 0 amide bonds. The van der Waals surface area contributed by atoms with Crippen LogP contribution in [0.15, 0.2) is 27.6 Å². The van der Waals surface area contributed by atoms with E-state index < -0.39 is 20.0 Å². The minimum Gasteiger partial charge on any atom is -0.384 e. The third-order valence-corrected chi connectivity index (χ3v) is 5.21. The quantitative estimate of drug-likeness (QED) is 0.753. The maximum atomic E-state index is 11.6. The SMILES string of the molecule is COCCS(=O)(=O)Nc1ccc(S(N)(=O)=O)c(Br)c1. The van der Waals surface area contributed by atoms with Gasteiger partial charge in [-0.15, -0.1) is 0 Å². The van der Waals surface area contributed by atoms with Crippen molar-refractivity contribution in [2.45, 2.75) is 4.90 Å². The molecule has 19 heavy (non-hydrogen) atoms. The van der Waals surface area contributed by atoms with Crippen LogP contribution in [0.5, 0.6) is 0 Å². The van der Waals surface area contributed by atoms with E-state index >= 15 is 0 Å². The fourth-order valence-electron chi connectivity index (χ4n) is 1.22. The monoisotopic (exact) mass is 372 g/mol. The molecule has 1 aromatic rings. The lowest BCUT2D eigenvalue weighted by atomic mass is 10.3. The van der Waals surface area contributed by atoms with E-state index in [4.69, 9.17) is 5.14 Å². The number of hydrogen-bond donors (Lipinski definition) is 2. The van der Waals surface area contributed by atoms with Gasteiger partial charge < -0.3 is 4.74 Å². The van der Waals surface area contributed by atoms with Crippen molar-refractivity contribution in [1.82, 2.24) is 0 Å². The molecule has 7 nitrogen and oxygen atoms in total. The molecule has 0 fully saturated rings. The Labute approximate surface area is 120 Å². The molecule has 3 N–H and O–H groups in total. The maximum Gasteiger partial charge on any atom is 0.239 e. The van der Waals surface area contributed by atoms with E-state index in [1.807, 2.05) is 0 Å². The summed E-state index contributed by atoms with van der Waals surface area (Å²) < 4.78 is 52.7. The summed E-state index contributed by atoms with van der Waals surface area (Å²) in [6, 6.07) is 3.85. The minimum atomic E-state index is -3.85. The fraction of sp³-hybridized carbons (Fsp3) is 0.333. The van der Waals surface area contributed by atoms with Crippen LogP contribution < -0.4 is 9.86 Å². The predicted molar refractivity (Wildman–Crippen MR) is 74.8 cm³/mol. The third-order valence-electron chi connectivity index (χ3n) is 2.07. The van der Waals surface area contributed by atoms with Crippen molar-refractivity contribution < 1.29 is 21.6 Å². The molecule has 1 aromatic carbocycles. The molecule has 1 rings (SSSR count). The molecule has 10 heteroatoms. The molecule has 0 spiro atoms. The van der Waals surface area contributed by atoms with Gasteiger partial charge in [0.2, 0.25) is 20.0 Å². The Hall–Kier alpha value is -0.680. The van der Waals surface area contributed by atoms with E-state index in [0.29, 0.717) is 0 Å². The van der Waals surface area contributed by atoms with Crippen LogP contribution in [0.3, 0.4) is 0 Å². The van der Waals surface area contributed by atoms with E-state index in [-0.39, 0.29) is 27.4 Å². The van der Waals surface area contributed by atoms with Gasteiger partial charge in [-0.2, -0.15) is 0 Å². The Morgan fingerprint density at radius 3 is 2.42 bits per heavy atom.